The van der Waals surface area contributed by atoms with E-state index in [9.17, 15) is 9.59 Å². The van der Waals surface area contributed by atoms with Gasteiger partial charge in [-0.25, -0.2) is 0 Å². The summed E-state index contributed by atoms with van der Waals surface area (Å²) < 4.78 is 1.62. The number of hydrogen-bond acceptors (Lipinski definition) is 3. The largest absolute Gasteiger partial charge is 0.370 e. The van der Waals surface area contributed by atoms with E-state index in [4.69, 9.17) is 11.1 Å². The number of H-pyrrole nitrogens is 1. The van der Waals surface area contributed by atoms with E-state index in [1.807, 2.05) is 79.0 Å². The van der Waals surface area contributed by atoms with Gasteiger partial charge in [0.05, 0.1) is 5.69 Å². The first-order valence-corrected chi connectivity index (χ1v) is 13.7. The summed E-state index contributed by atoms with van der Waals surface area (Å²) in [4.78, 5) is 33.6. The quantitative estimate of drug-likeness (QED) is 0.139. The number of benzene rings is 3. The summed E-state index contributed by atoms with van der Waals surface area (Å²) in [5.74, 6) is -0.643. The molecule has 8 nitrogen and oxygen atoms in total. The molecule has 1 heterocycles. The van der Waals surface area contributed by atoms with E-state index in [2.05, 4.69) is 42.2 Å². The molecule has 0 aliphatic rings. The summed E-state index contributed by atoms with van der Waals surface area (Å²) in [7, 11) is 0. The summed E-state index contributed by atoms with van der Waals surface area (Å²) in [6, 6.07) is 23.0. The number of anilines is 2. The van der Waals surface area contributed by atoms with Gasteiger partial charge in [-0.1, -0.05) is 52.3 Å². The fourth-order valence-corrected chi connectivity index (χ4v) is 5.46. The van der Waals surface area contributed by atoms with Crippen LogP contribution in [-0.4, -0.2) is 47.3 Å². The van der Waals surface area contributed by atoms with Crippen molar-refractivity contribution >= 4 is 71.9 Å². The van der Waals surface area contributed by atoms with Crippen molar-refractivity contribution in [3.63, 3.8) is 0 Å². The van der Waals surface area contributed by atoms with Crippen LogP contribution in [0.5, 0.6) is 0 Å². The number of nitrogens with two attached hydrogens (primary N) is 1. The molecule has 3 aromatic carbocycles. The number of nitrogens with zero attached hydrogens (tertiary/aromatic N) is 2. The monoisotopic (exact) mass is 638 g/mol. The summed E-state index contributed by atoms with van der Waals surface area (Å²) in [5, 5.41) is 11.1. The van der Waals surface area contributed by atoms with Crippen LogP contribution in [0.4, 0.5) is 11.4 Å². The van der Waals surface area contributed by atoms with Crippen molar-refractivity contribution in [1.82, 2.24) is 15.2 Å². The second-order valence-electron chi connectivity index (χ2n) is 8.68. The predicted molar refractivity (Wildman–Crippen MR) is 159 cm³/mol. The number of aromatic amines is 1. The zero-order valence-electron chi connectivity index (χ0n) is 20.6. The minimum atomic E-state index is -0.244. The van der Waals surface area contributed by atoms with E-state index >= 15 is 0 Å². The Morgan fingerprint density at radius 1 is 0.974 bits per heavy atom. The van der Waals surface area contributed by atoms with Crippen LogP contribution >= 0.6 is 31.9 Å². The van der Waals surface area contributed by atoms with Crippen molar-refractivity contribution in [2.24, 2.45) is 5.73 Å². The van der Waals surface area contributed by atoms with E-state index in [0.717, 1.165) is 25.4 Å². The molecule has 4 aromatic rings. The molecule has 0 aliphatic heterocycles. The Hall–Kier alpha value is -3.63. The average Bonchev–Trinajstić information content (AvgIpc) is 3.31. The standard InChI is InChI=1S/C28H28Br2N6O2/c29-20-10-11-25(23(30)16-20)36(21-6-2-1-3-7-21)27(38)18-35(26(37)12-14-33-28(31)32)15-13-19-17-34-24-9-5-4-8-22(19)24/h1-11,16-17,34H,12-15,18H2,(H4,31,32,33). The van der Waals surface area contributed by atoms with Gasteiger partial charge in [0.25, 0.3) is 5.91 Å². The number of nitrogens with one attached hydrogen (secondary N) is 3. The first-order valence-electron chi connectivity index (χ1n) is 12.1. The average molecular weight is 640 g/mol. The highest BCUT2D eigenvalue weighted by Gasteiger charge is 2.25. The molecule has 0 saturated carbocycles. The van der Waals surface area contributed by atoms with Gasteiger partial charge in [0.1, 0.15) is 6.54 Å². The number of rotatable bonds is 10. The van der Waals surface area contributed by atoms with E-state index in [-0.39, 0.29) is 37.3 Å². The zero-order chi connectivity index (χ0) is 27.1. The molecule has 0 atom stereocenters. The molecule has 0 radical (unpaired) electrons. The number of fused-ring (bicyclic) bond motifs is 1. The highest BCUT2D eigenvalue weighted by Crippen LogP contribution is 2.34. The van der Waals surface area contributed by atoms with Crippen molar-refractivity contribution in [3.05, 3.63) is 93.5 Å². The summed E-state index contributed by atoms with van der Waals surface area (Å²) >= 11 is 7.06. The number of amides is 2. The maximum absolute atomic E-state index is 13.9. The lowest BCUT2D eigenvalue weighted by Crippen LogP contribution is -2.43. The SMILES string of the molecule is N=C(N)NCCC(=O)N(CCc1c[nH]c2ccccc12)CC(=O)N(c1ccccc1)c1ccc(Br)cc1Br. The van der Waals surface area contributed by atoms with Crippen LogP contribution in [0.3, 0.4) is 0 Å². The van der Waals surface area contributed by atoms with Crippen LogP contribution in [0, 0.1) is 5.41 Å². The molecule has 5 N–H and O–H groups in total. The van der Waals surface area contributed by atoms with E-state index in [1.165, 1.54) is 0 Å². The molecular weight excluding hydrogens is 612 g/mol. The summed E-state index contributed by atoms with van der Waals surface area (Å²) in [6.07, 6.45) is 2.63. The lowest BCUT2D eigenvalue weighted by molar-refractivity contribution is -0.135. The minimum Gasteiger partial charge on any atom is -0.370 e. The first-order chi connectivity index (χ1) is 18.3. The number of carbonyl (C=O) groups is 2. The van der Waals surface area contributed by atoms with Crippen molar-refractivity contribution in [2.75, 3.05) is 24.5 Å². The Labute approximate surface area is 238 Å². The van der Waals surface area contributed by atoms with Crippen molar-refractivity contribution in [2.45, 2.75) is 12.8 Å². The second kappa shape index (κ2) is 12.7. The van der Waals surface area contributed by atoms with Crippen LogP contribution in [0.2, 0.25) is 0 Å². The third-order valence-electron chi connectivity index (χ3n) is 6.07. The Bertz CT molecular complexity index is 1440. The zero-order valence-corrected chi connectivity index (χ0v) is 23.8. The van der Waals surface area contributed by atoms with Gasteiger partial charge in [0.2, 0.25) is 5.91 Å². The molecule has 0 saturated heterocycles. The van der Waals surface area contributed by atoms with Gasteiger partial charge in [-0.3, -0.25) is 19.9 Å². The third kappa shape index (κ3) is 6.81. The molecule has 1 aromatic heterocycles. The lowest BCUT2D eigenvalue weighted by atomic mass is 10.1. The third-order valence-corrected chi connectivity index (χ3v) is 7.20. The van der Waals surface area contributed by atoms with Crippen LogP contribution in [0.25, 0.3) is 10.9 Å². The summed E-state index contributed by atoms with van der Waals surface area (Å²) in [5.41, 5.74) is 8.85. The summed E-state index contributed by atoms with van der Waals surface area (Å²) in [6.45, 7) is 0.460. The Balaban J connectivity index is 1.60. The number of halogens is 2. The van der Waals surface area contributed by atoms with Crippen LogP contribution in [-0.2, 0) is 16.0 Å². The maximum Gasteiger partial charge on any atom is 0.251 e. The Morgan fingerprint density at radius 2 is 1.71 bits per heavy atom. The van der Waals surface area contributed by atoms with Gasteiger partial charge >= 0.3 is 0 Å². The van der Waals surface area contributed by atoms with E-state index < -0.39 is 0 Å². The van der Waals surface area contributed by atoms with E-state index in [0.29, 0.717) is 24.3 Å². The minimum absolute atomic E-state index is 0.105. The number of para-hydroxylation sites is 2. The molecule has 10 heteroatoms. The molecule has 0 aliphatic carbocycles. The maximum atomic E-state index is 13.9. The predicted octanol–water partition coefficient (Wildman–Crippen LogP) is 5.30. The highest BCUT2D eigenvalue weighted by molar-refractivity contribution is 9.11. The number of hydrogen-bond donors (Lipinski definition) is 4. The number of carbonyl (C=O) groups excluding carboxylic acids is 2. The molecule has 0 unspecified atom stereocenters. The topological polar surface area (TPSA) is 118 Å². The van der Waals surface area contributed by atoms with Crippen LogP contribution in [0.15, 0.2) is 87.9 Å². The fraction of sp³-hybridized carbons (Fsp3) is 0.179. The van der Waals surface area contributed by atoms with E-state index in [1.54, 1.807) is 9.80 Å². The van der Waals surface area contributed by atoms with Gasteiger partial charge in [0.15, 0.2) is 5.96 Å². The molecule has 0 fully saturated rings. The van der Waals surface area contributed by atoms with Crippen molar-refractivity contribution in [3.8, 4) is 0 Å². The number of guanidine groups is 1. The molecule has 4 rings (SSSR count). The van der Waals surface area contributed by atoms with Gasteiger partial charge in [-0.2, -0.15) is 0 Å². The molecular formula is C28H28Br2N6O2. The van der Waals surface area contributed by atoms with Crippen molar-refractivity contribution < 1.29 is 9.59 Å². The normalized spacial score (nSPS) is 10.8. The Kier molecular flexibility index (Phi) is 9.19. The second-order valence-corrected chi connectivity index (χ2v) is 10.4. The highest BCUT2D eigenvalue weighted by atomic mass is 79.9. The van der Waals surface area contributed by atoms with Gasteiger partial charge in [-0.15, -0.1) is 0 Å². The smallest absolute Gasteiger partial charge is 0.251 e. The first kappa shape index (κ1) is 27.4. The molecule has 0 spiro atoms. The van der Waals surface area contributed by atoms with Gasteiger partial charge in [0, 0.05) is 51.2 Å². The van der Waals surface area contributed by atoms with Crippen molar-refractivity contribution in [1.29, 1.82) is 5.41 Å². The number of aromatic nitrogens is 1. The van der Waals surface area contributed by atoms with Crippen LogP contribution < -0.4 is 16.0 Å². The molecule has 196 valence electrons. The van der Waals surface area contributed by atoms with Gasteiger partial charge in [-0.05, 0) is 64.3 Å². The molecule has 2 amide bonds. The van der Waals surface area contributed by atoms with Gasteiger partial charge < -0.3 is 20.9 Å². The fourth-order valence-electron chi connectivity index (χ4n) is 4.24. The molecule has 0 bridgehead atoms. The lowest BCUT2D eigenvalue weighted by Gasteiger charge is -2.29. The molecule has 38 heavy (non-hydrogen) atoms. The van der Waals surface area contributed by atoms with Crippen LogP contribution in [0.1, 0.15) is 12.0 Å². The Morgan fingerprint density at radius 3 is 2.45 bits per heavy atom.